The van der Waals surface area contributed by atoms with E-state index in [0.29, 0.717) is 32.3 Å². The topological polar surface area (TPSA) is 80.9 Å². The van der Waals surface area contributed by atoms with Crippen LogP contribution in [0, 0.1) is 0 Å². The molecule has 0 aromatic carbocycles. The van der Waals surface area contributed by atoms with Gasteiger partial charge in [0.1, 0.15) is 6.54 Å². The van der Waals surface area contributed by atoms with Gasteiger partial charge >= 0.3 is 0 Å². The molecule has 1 rings (SSSR count). The Kier molecular flexibility index (Phi) is 15.8. The summed E-state index contributed by atoms with van der Waals surface area (Å²) >= 11 is 0. The molecule has 0 aliphatic rings. The van der Waals surface area contributed by atoms with E-state index in [1.807, 2.05) is 13.0 Å². The highest BCUT2D eigenvalue weighted by molar-refractivity contribution is 14.0. The largest absolute Gasteiger partial charge is 0.382 e. The fourth-order valence-corrected chi connectivity index (χ4v) is 2.43. The van der Waals surface area contributed by atoms with Gasteiger partial charge in [-0.25, -0.2) is 4.99 Å². The molecule has 0 spiro atoms. The molecule has 0 bridgehead atoms. The van der Waals surface area contributed by atoms with Crippen molar-refractivity contribution < 1.29 is 14.0 Å². The highest BCUT2D eigenvalue weighted by Crippen LogP contribution is 2.22. The zero-order valence-electron chi connectivity index (χ0n) is 16.5. The number of hydrogen-bond donors (Lipinski definition) is 2. The van der Waals surface area contributed by atoms with Crippen LogP contribution in [-0.2, 0) is 16.0 Å². The molecule has 26 heavy (non-hydrogen) atoms. The zero-order chi connectivity index (χ0) is 18.3. The summed E-state index contributed by atoms with van der Waals surface area (Å²) in [5, 5.41) is 10.7. The van der Waals surface area contributed by atoms with E-state index in [9.17, 15) is 0 Å². The molecule has 0 aliphatic heterocycles. The van der Waals surface area contributed by atoms with Gasteiger partial charge in [-0.05, 0) is 26.2 Å². The summed E-state index contributed by atoms with van der Waals surface area (Å²) in [7, 11) is 1.67. The lowest BCUT2D eigenvalue weighted by Crippen LogP contribution is -2.38. The fraction of sp³-hybridized carbons (Fsp3) is 0.778. The summed E-state index contributed by atoms with van der Waals surface area (Å²) in [6.07, 6.45) is 3.06. The summed E-state index contributed by atoms with van der Waals surface area (Å²) in [5.41, 5.74) is 1.03. The van der Waals surface area contributed by atoms with Gasteiger partial charge in [0.05, 0.1) is 18.9 Å². The summed E-state index contributed by atoms with van der Waals surface area (Å²) in [5.74, 6) is 2.04. The summed E-state index contributed by atoms with van der Waals surface area (Å²) < 4.78 is 15.8. The highest BCUT2D eigenvalue weighted by atomic mass is 127. The SMILES string of the molecule is CCNC(=NCc1cc(C(CC)CC)no1)NCCCOCCOC.I. The molecule has 1 heterocycles. The van der Waals surface area contributed by atoms with Crippen molar-refractivity contribution in [2.45, 2.75) is 52.5 Å². The molecule has 0 saturated carbocycles. The number of halogens is 1. The van der Waals surface area contributed by atoms with Crippen LogP contribution in [0.25, 0.3) is 0 Å². The summed E-state index contributed by atoms with van der Waals surface area (Å²) in [4.78, 5) is 4.56. The first-order valence-corrected chi connectivity index (χ1v) is 9.29. The van der Waals surface area contributed by atoms with Crippen LogP contribution in [0.4, 0.5) is 0 Å². The Hall–Kier alpha value is -0.870. The zero-order valence-corrected chi connectivity index (χ0v) is 18.9. The van der Waals surface area contributed by atoms with Gasteiger partial charge in [0.15, 0.2) is 11.7 Å². The number of nitrogens with zero attached hydrogens (tertiary/aromatic N) is 2. The number of aromatic nitrogens is 1. The number of nitrogens with one attached hydrogen (secondary N) is 2. The fourth-order valence-electron chi connectivity index (χ4n) is 2.43. The van der Waals surface area contributed by atoms with Crippen LogP contribution in [0.1, 0.15) is 57.4 Å². The van der Waals surface area contributed by atoms with Crippen LogP contribution in [-0.4, -0.2) is 51.1 Å². The van der Waals surface area contributed by atoms with E-state index in [0.717, 1.165) is 49.8 Å². The van der Waals surface area contributed by atoms with Crippen molar-refractivity contribution >= 4 is 29.9 Å². The number of hydrogen-bond acceptors (Lipinski definition) is 5. The third-order valence-electron chi connectivity index (χ3n) is 3.91. The van der Waals surface area contributed by atoms with Gasteiger partial charge < -0.3 is 24.6 Å². The lowest BCUT2D eigenvalue weighted by atomic mass is 9.99. The van der Waals surface area contributed by atoms with E-state index in [1.165, 1.54) is 0 Å². The number of aliphatic imine (C=N–C) groups is 1. The van der Waals surface area contributed by atoms with Crippen LogP contribution in [0.15, 0.2) is 15.6 Å². The van der Waals surface area contributed by atoms with E-state index < -0.39 is 0 Å². The standard InChI is InChI=1S/C18H34N4O3.HI/c1-5-15(6-2)17-13-16(25-22-17)14-21-18(19-7-3)20-9-8-10-24-12-11-23-4;/h13,15H,5-12,14H2,1-4H3,(H2,19,20,21);1H. The maximum absolute atomic E-state index is 5.44. The van der Waals surface area contributed by atoms with Crippen LogP contribution in [0.2, 0.25) is 0 Å². The van der Waals surface area contributed by atoms with Crippen LogP contribution in [0.3, 0.4) is 0 Å². The molecule has 0 aliphatic carbocycles. The Bertz CT molecular complexity index is 479. The second-order valence-corrected chi connectivity index (χ2v) is 5.81. The third kappa shape index (κ3) is 10.3. The molecular formula is C18H35IN4O3. The molecule has 8 heteroatoms. The first kappa shape index (κ1) is 25.1. The van der Waals surface area contributed by atoms with Crippen molar-refractivity contribution in [2.75, 3.05) is 40.0 Å². The second-order valence-electron chi connectivity index (χ2n) is 5.81. The molecule has 7 nitrogen and oxygen atoms in total. The lowest BCUT2D eigenvalue weighted by Gasteiger charge is -2.11. The normalized spacial score (nSPS) is 11.5. The van der Waals surface area contributed by atoms with Gasteiger partial charge in [-0.15, -0.1) is 24.0 Å². The maximum Gasteiger partial charge on any atom is 0.191 e. The Labute approximate surface area is 174 Å². The van der Waals surface area contributed by atoms with E-state index in [2.05, 4.69) is 34.6 Å². The van der Waals surface area contributed by atoms with Crippen LogP contribution in [0.5, 0.6) is 0 Å². The van der Waals surface area contributed by atoms with Crippen LogP contribution >= 0.6 is 24.0 Å². The number of methoxy groups -OCH3 is 1. The quantitative estimate of drug-likeness (QED) is 0.194. The maximum atomic E-state index is 5.44. The van der Waals surface area contributed by atoms with Gasteiger partial charge in [-0.2, -0.15) is 0 Å². The van der Waals surface area contributed by atoms with Crippen LogP contribution < -0.4 is 10.6 Å². The van der Waals surface area contributed by atoms with Crippen molar-refractivity contribution in [1.29, 1.82) is 0 Å². The Morgan fingerprint density at radius 2 is 1.96 bits per heavy atom. The van der Waals surface area contributed by atoms with E-state index in [4.69, 9.17) is 14.0 Å². The molecule has 0 fully saturated rings. The van der Waals surface area contributed by atoms with E-state index >= 15 is 0 Å². The van der Waals surface area contributed by atoms with Crippen molar-refractivity contribution in [3.8, 4) is 0 Å². The molecule has 1 aromatic rings. The first-order valence-electron chi connectivity index (χ1n) is 9.29. The first-order chi connectivity index (χ1) is 12.2. The van der Waals surface area contributed by atoms with Crippen molar-refractivity contribution in [3.05, 3.63) is 17.5 Å². The van der Waals surface area contributed by atoms with Gasteiger partial charge in [0, 0.05) is 38.8 Å². The predicted molar refractivity (Wildman–Crippen MR) is 115 cm³/mol. The van der Waals surface area contributed by atoms with E-state index in [-0.39, 0.29) is 24.0 Å². The number of ether oxygens (including phenoxy) is 2. The highest BCUT2D eigenvalue weighted by Gasteiger charge is 2.12. The number of rotatable bonds is 13. The molecule has 1 aromatic heterocycles. The molecule has 2 N–H and O–H groups in total. The third-order valence-corrected chi connectivity index (χ3v) is 3.91. The van der Waals surface area contributed by atoms with E-state index in [1.54, 1.807) is 7.11 Å². The number of guanidine groups is 1. The minimum absolute atomic E-state index is 0. The minimum Gasteiger partial charge on any atom is -0.382 e. The molecule has 0 unspecified atom stereocenters. The molecule has 152 valence electrons. The summed E-state index contributed by atoms with van der Waals surface area (Å²) in [6, 6.07) is 2.02. The molecule has 0 atom stereocenters. The Morgan fingerprint density at radius 1 is 1.19 bits per heavy atom. The lowest BCUT2D eigenvalue weighted by molar-refractivity contribution is 0.0698. The second kappa shape index (κ2) is 16.3. The minimum atomic E-state index is 0. The van der Waals surface area contributed by atoms with Crippen molar-refractivity contribution in [1.82, 2.24) is 15.8 Å². The Balaban J connectivity index is 0.00000625. The van der Waals surface area contributed by atoms with Gasteiger partial charge in [-0.3, -0.25) is 0 Å². The molecule has 0 radical (unpaired) electrons. The molecule has 0 amide bonds. The van der Waals surface area contributed by atoms with Gasteiger partial charge in [0.2, 0.25) is 0 Å². The monoisotopic (exact) mass is 482 g/mol. The Morgan fingerprint density at radius 3 is 2.62 bits per heavy atom. The smallest absolute Gasteiger partial charge is 0.191 e. The average molecular weight is 482 g/mol. The summed E-state index contributed by atoms with van der Waals surface area (Å²) in [6.45, 7) is 10.5. The van der Waals surface area contributed by atoms with Gasteiger partial charge in [-0.1, -0.05) is 19.0 Å². The molecular weight excluding hydrogens is 447 g/mol. The molecule has 0 saturated heterocycles. The van der Waals surface area contributed by atoms with Crippen molar-refractivity contribution in [3.63, 3.8) is 0 Å². The van der Waals surface area contributed by atoms with Crippen molar-refractivity contribution in [2.24, 2.45) is 4.99 Å². The predicted octanol–water partition coefficient (Wildman–Crippen LogP) is 3.30. The average Bonchev–Trinajstić information content (AvgIpc) is 3.08. The van der Waals surface area contributed by atoms with Gasteiger partial charge in [0.25, 0.3) is 0 Å².